The second-order valence-corrected chi connectivity index (χ2v) is 8.26. The lowest BCUT2D eigenvalue weighted by Crippen LogP contribution is -2.71. The molecule has 0 spiro atoms. The first-order valence-corrected chi connectivity index (χ1v) is 10.6. The third-order valence-electron chi connectivity index (χ3n) is 4.27. The predicted molar refractivity (Wildman–Crippen MR) is 110 cm³/mol. The molecule has 0 aliphatic carbocycles. The Kier molecular flexibility index (Phi) is 6.60. The van der Waals surface area contributed by atoms with Crippen LogP contribution in [0.25, 0.3) is 0 Å². The number of carbonyl (C=O) groups is 4. The molecular formula is C17H17N5O7S2. The fourth-order valence-electron chi connectivity index (χ4n) is 2.95. The summed E-state index contributed by atoms with van der Waals surface area (Å²) in [6, 6.07) is -1.01. The molecular weight excluding hydrogens is 450 g/mol. The number of allylic oxidation sites excluding steroid dienone is 1. The number of thiazole rings is 1. The number of oxime groups is 1. The normalized spacial score (nSPS) is 21.0. The summed E-state index contributed by atoms with van der Waals surface area (Å²) in [5.41, 5.74) is 5.32. The standard InChI is InChI=1S/C17H17N5O7S2/c1-7(23)29-4-2-3-8-5-30-15-11(14(25)22(15)12(8)16(26)27)20-13(24)10(21-28)9-6-31-17(18)19-9/h2-3,6,11,15,28H,4-5H2,1H3,(H2,18,19)(H,20,24)(H,26,27)/b3-2-,21-10-/t11?,15-/m1/s1. The second kappa shape index (κ2) is 9.18. The highest BCUT2D eigenvalue weighted by molar-refractivity contribution is 8.00. The molecule has 2 amide bonds. The van der Waals surface area contributed by atoms with Gasteiger partial charge in [0, 0.05) is 18.1 Å². The molecule has 14 heteroatoms. The molecule has 31 heavy (non-hydrogen) atoms. The molecule has 164 valence electrons. The SMILES string of the molecule is CC(=O)OC/C=C\C1=C(C(=O)O)N2C(=O)C(NC(=O)/C(=N\O)c3csc(N)n3)[C@H]2SC1. The number of hydrogen-bond acceptors (Lipinski definition) is 11. The van der Waals surface area contributed by atoms with E-state index in [1.807, 2.05) is 0 Å². The number of anilines is 1. The largest absolute Gasteiger partial charge is 0.477 e. The van der Waals surface area contributed by atoms with Crippen molar-refractivity contribution in [2.45, 2.75) is 18.3 Å². The fourth-order valence-corrected chi connectivity index (χ4v) is 4.81. The van der Waals surface area contributed by atoms with E-state index in [9.17, 15) is 29.5 Å². The fraction of sp³-hybridized carbons (Fsp3) is 0.294. The number of aliphatic carboxylic acids is 1. The summed E-state index contributed by atoms with van der Waals surface area (Å²) in [5.74, 6) is -2.99. The molecule has 1 aromatic rings. The van der Waals surface area contributed by atoms with Crippen molar-refractivity contribution in [1.82, 2.24) is 15.2 Å². The van der Waals surface area contributed by atoms with Crippen LogP contribution in [-0.2, 0) is 23.9 Å². The summed E-state index contributed by atoms with van der Waals surface area (Å²) >= 11 is 2.30. The van der Waals surface area contributed by atoms with Crippen molar-refractivity contribution in [3.05, 3.63) is 34.5 Å². The zero-order valence-corrected chi connectivity index (χ0v) is 17.6. The number of carboxylic acids is 1. The van der Waals surface area contributed by atoms with Gasteiger partial charge in [-0.3, -0.25) is 19.3 Å². The first kappa shape index (κ1) is 22.3. The lowest BCUT2D eigenvalue weighted by Gasteiger charge is -2.49. The molecule has 3 heterocycles. The number of fused-ring (bicyclic) bond motifs is 1. The summed E-state index contributed by atoms with van der Waals surface area (Å²) in [4.78, 5) is 52.7. The minimum atomic E-state index is -1.30. The Morgan fingerprint density at radius 2 is 2.23 bits per heavy atom. The highest BCUT2D eigenvalue weighted by Gasteiger charge is 2.54. The van der Waals surface area contributed by atoms with Gasteiger partial charge in [0.15, 0.2) is 10.8 Å². The predicted octanol–water partition coefficient (Wildman–Crippen LogP) is -0.238. The number of carboxylic acid groups (broad SMARTS) is 1. The van der Waals surface area contributed by atoms with Crippen LogP contribution in [0.2, 0.25) is 0 Å². The van der Waals surface area contributed by atoms with Gasteiger partial charge in [0.25, 0.3) is 11.8 Å². The number of rotatable bonds is 7. The van der Waals surface area contributed by atoms with Gasteiger partial charge >= 0.3 is 11.9 Å². The summed E-state index contributed by atoms with van der Waals surface area (Å²) in [6.07, 6.45) is 2.96. The van der Waals surface area contributed by atoms with Crippen LogP contribution < -0.4 is 11.1 Å². The lowest BCUT2D eigenvalue weighted by atomic mass is 10.0. The van der Waals surface area contributed by atoms with Crippen LogP contribution >= 0.6 is 23.1 Å². The van der Waals surface area contributed by atoms with Gasteiger partial charge in [0.2, 0.25) is 0 Å². The van der Waals surface area contributed by atoms with Gasteiger partial charge in [0.05, 0.1) is 0 Å². The van der Waals surface area contributed by atoms with E-state index in [1.54, 1.807) is 0 Å². The maximum Gasteiger partial charge on any atom is 0.352 e. The number of thioether (sulfide) groups is 1. The molecule has 1 fully saturated rings. The lowest BCUT2D eigenvalue weighted by molar-refractivity contribution is -0.150. The molecule has 0 aromatic carbocycles. The Hall–Kier alpha value is -3.39. The monoisotopic (exact) mass is 467 g/mol. The summed E-state index contributed by atoms with van der Waals surface area (Å²) in [5, 5.41) is 25.1. The number of nitrogens with one attached hydrogen (secondary N) is 1. The van der Waals surface area contributed by atoms with Crippen LogP contribution in [0.4, 0.5) is 5.13 Å². The molecule has 0 bridgehead atoms. The van der Waals surface area contributed by atoms with E-state index in [4.69, 9.17) is 10.5 Å². The molecule has 1 aromatic heterocycles. The van der Waals surface area contributed by atoms with Gasteiger partial charge in [-0.1, -0.05) is 11.2 Å². The van der Waals surface area contributed by atoms with E-state index >= 15 is 0 Å². The summed E-state index contributed by atoms with van der Waals surface area (Å²) in [7, 11) is 0. The highest BCUT2D eigenvalue weighted by Crippen LogP contribution is 2.40. The zero-order chi connectivity index (χ0) is 22.7. The van der Waals surface area contributed by atoms with Crippen molar-refractivity contribution < 1.29 is 34.2 Å². The maximum absolute atomic E-state index is 12.6. The van der Waals surface area contributed by atoms with Crippen LogP contribution in [-0.4, -0.2) is 73.4 Å². The van der Waals surface area contributed by atoms with Gasteiger partial charge in [-0.2, -0.15) is 0 Å². The number of amides is 2. The Morgan fingerprint density at radius 3 is 2.81 bits per heavy atom. The number of nitrogen functional groups attached to an aromatic ring is 1. The maximum atomic E-state index is 12.6. The molecule has 2 atom stereocenters. The first-order chi connectivity index (χ1) is 14.7. The summed E-state index contributed by atoms with van der Waals surface area (Å²) in [6.45, 7) is 1.22. The van der Waals surface area contributed by atoms with Crippen LogP contribution in [0.1, 0.15) is 12.6 Å². The molecule has 3 rings (SSSR count). The van der Waals surface area contributed by atoms with E-state index < -0.39 is 40.9 Å². The van der Waals surface area contributed by atoms with Crippen molar-refractivity contribution in [2.24, 2.45) is 5.16 Å². The third kappa shape index (κ3) is 4.54. The zero-order valence-electron chi connectivity index (χ0n) is 16.0. The Balaban J connectivity index is 1.74. The number of β-lactam (4-membered cyclic amide) rings is 1. The van der Waals surface area contributed by atoms with Gasteiger partial charge < -0.3 is 26.1 Å². The molecule has 5 N–H and O–H groups in total. The van der Waals surface area contributed by atoms with Crippen molar-refractivity contribution in [1.29, 1.82) is 0 Å². The number of esters is 1. The van der Waals surface area contributed by atoms with E-state index in [0.29, 0.717) is 5.57 Å². The van der Waals surface area contributed by atoms with Gasteiger partial charge in [-0.05, 0) is 11.6 Å². The minimum absolute atomic E-state index is 0.0309. The second-order valence-electron chi connectivity index (χ2n) is 6.26. The third-order valence-corrected chi connectivity index (χ3v) is 6.24. The smallest absolute Gasteiger partial charge is 0.352 e. The molecule has 1 unspecified atom stereocenters. The van der Waals surface area contributed by atoms with Crippen molar-refractivity contribution in [3.63, 3.8) is 0 Å². The van der Waals surface area contributed by atoms with E-state index in [0.717, 1.165) is 16.2 Å². The molecule has 0 saturated carbocycles. The molecule has 1 saturated heterocycles. The Morgan fingerprint density at radius 1 is 1.48 bits per heavy atom. The molecule has 2 aliphatic rings. The average molecular weight is 467 g/mol. The van der Waals surface area contributed by atoms with E-state index in [2.05, 4.69) is 15.5 Å². The summed E-state index contributed by atoms with van der Waals surface area (Å²) < 4.78 is 4.77. The van der Waals surface area contributed by atoms with Gasteiger partial charge in [-0.15, -0.1) is 23.1 Å². The van der Waals surface area contributed by atoms with Crippen LogP contribution in [0.5, 0.6) is 0 Å². The number of hydrogen-bond donors (Lipinski definition) is 4. The van der Waals surface area contributed by atoms with Crippen LogP contribution in [0, 0.1) is 0 Å². The van der Waals surface area contributed by atoms with Gasteiger partial charge in [-0.25, -0.2) is 9.78 Å². The quantitative estimate of drug-likeness (QED) is 0.137. The first-order valence-electron chi connectivity index (χ1n) is 8.70. The average Bonchev–Trinajstić information content (AvgIpc) is 3.14. The van der Waals surface area contributed by atoms with Crippen LogP contribution in [0.3, 0.4) is 0 Å². The van der Waals surface area contributed by atoms with Gasteiger partial charge in [0.1, 0.15) is 29.4 Å². The molecule has 12 nitrogen and oxygen atoms in total. The topological polar surface area (TPSA) is 185 Å². The molecule has 2 aliphatic heterocycles. The molecule has 0 radical (unpaired) electrons. The van der Waals surface area contributed by atoms with E-state index in [-0.39, 0.29) is 28.9 Å². The Bertz CT molecular complexity index is 1030. The number of nitrogens with zero attached hydrogens (tertiary/aromatic N) is 3. The number of carbonyl (C=O) groups excluding carboxylic acids is 3. The Labute approximate surface area is 183 Å². The number of ether oxygens (including phenoxy) is 1. The van der Waals surface area contributed by atoms with E-state index in [1.165, 1.54) is 36.2 Å². The van der Waals surface area contributed by atoms with Crippen molar-refractivity contribution in [2.75, 3.05) is 18.1 Å². The van der Waals surface area contributed by atoms with Crippen molar-refractivity contribution in [3.8, 4) is 0 Å². The minimum Gasteiger partial charge on any atom is -0.477 e. The highest BCUT2D eigenvalue weighted by atomic mass is 32.2. The number of nitrogens with two attached hydrogens (primary N) is 1. The van der Waals surface area contributed by atoms with Crippen LogP contribution in [0.15, 0.2) is 34.0 Å². The number of aromatic nitrogens is 1. The van der Waals surface area contributed by atoms with Crippen molar-refractivity contribution >= 4 is 57.7 Å².